The highest BCUT2D eigenvalue weighted by Crippen LogP contribution is 2.33. The molecule has 1 heterocycles. The second kappa shape index (κ2) is 4.51. The number of rotatable bonds is 0. The monoisotopic (exact) mass is 301 g/mol. The number of aromatic nitrogens is 1. The fourth-order valence-electron chi connectivity index (χ4n) is 2.87. The normalized spacial score (nSPS) is 17.8. The van der Waals surface area contributed by atoms with Gasteiger partial charge in [0.2, 0.25) is 0 Å². The summed E-state index contributed by atoms with van der Waals surface area (Å²) in [5, 5.41) is 0. The van der Waals surface area contributed by atoms with Crippen LogP contribution in [0.5, 0.6) is 0 Å². The van der Waals surface area contributed by atoms with Crippen LogP contribution < -0.4 is 0 Å². The van der Waals surface area contributed by atoms with Crippen molar-refractivity contribution in [3.05, 3.63) is 62.9 Å². The first kappa shape index (κ1) is 11.9. The molecule has 1 aromatic heterocycles. The Morgan fingerprint density at radius 1 is 1.17 bits per heavy atom. The van der Waals surface area contributed by atoms with Gasteiger partial charge in [-0.05, 0) is 58.5 Å². The van der Waals surface area contributed by atoms with Gasteiger partial charge in [0.05, 0.1) is 5.69 Å². The Morgan fingerprint density at radius 3 is 2.78 bits per heavy atom. The van der Waals surface area contributed by atoms with Crippen molar-refractivity contribution in [1.29, 1.82) is 0 Å². The third-order valence-corrected chi connectivity index (χ3v) is 4.24. The summed E-state index contributed by atoms with van der Waals surface area (Å²) < 4.78 is 1.08. The summed E-state index contributed by atoms with van der Waals surface area (Å²) in [6.45, 7) is 4.43. The van der Waals surface area contributed by atoms with Gasteiger partial charge in [0.25, 0.3) is 0 Å². The third-order valence-electron chi connectivity index (χ3n) is 3.81. The van der Waals surface area contributed by atoms with Gasteiger partial charge in [0.1, 0.15) is 0 Å². The van der Waals surface area contributed by atoms with Crippen LogP contribution in [0.1, 0.15) is 40.8 Å². The summed E-state index contributed by atoms with van der Waals surface area (Å²) in [6, 6.07) is 9.03. The van der Waals surface area contributed by atoms with E-state index in [1.807, 2.05) is 6.20 Å². The smallest absolute Gasteiger partial charge is 0.0508 e. The highest BCUT2D eigenvalue weighted by molar-refractivity contribution is 9.10. The van der Waals surface area contributed by atoms with Crippen LogP contribution in [0.4, 0.5) is 0 Å². The lowest BCUT2D eigenvalue weighted by Crippen LogP contribution is -2.02. The van der Waals surface area contributed by atoms with Gasteiger partial charge in [0, 0.05) is 16.6 Å². The van der Waals surface area contributed by atoms with Gasteiger partial charge in [-0.3, -0.25) is 4.98 Å². The standard InChI is InChI=1S/C16H16BrN/c1-10-3-6-15-11(2)16-13(5-4-12(15)7-10)8-14(17)9-18-16/h3,6-9,11H,4-5H2,1-2H3/t11-/m1/s1. The summed E-state index contributed by atoms with van der Waals surface area (Å²) in [4.78, 5) is 4.63. The molecule has 2 heteroatoms. The zero-order valence-electron chi connectivity index (χ0n) is 10.7. The van der Waals surface area contributed by atoms with Crippen molar-refractivity contribution >= 4 is 15.9 Å². The molecule has 1 nitrogen and oxygen atoms in total. The zero-order chi connectivity index (χ0) is 12.7. The number of fused-ring (bicyclic) bond motifs is 2. The quantitative estimate of drug-likeness (QED) is 0.703. The van der Waals surface area contributed by atoms with Gasteiger partial charge in [-0.1, -0.05) is 30.7 Å². The first-order valence-corrected chi connectivity index (χ1v) is 7.18. The molecule has 1 atom stereocenters. The van der Waals surface area contributed by atoms with E-state index in [2.05, 4.69) is 59.0 Å². The minimum atomic E-state index is 0.395. The maximum absolute atomic E-state index is 4.63. The molecule has 0 radical (unpaired) electrons. The molecule has 2 aromatic rings. The van der Waals surface area contributed by atoms with E-state index in [0.717, 1.165) is 17.3 Å². The average molecular weight is 302 g/mol. The maximum atomic E-state index is 4.63. The molecule has 18 heavy (non-hydrogen) atoms. The molecule has 0 spiro atoms. The predicted octanol–water partition coefficient (Wildman–Crippen LogP) is 4.40. The molecule has 0 N–H and O–H groups in total. The van der Waals surface area contributed by atoms with Crippen molar-refractivity contribution in [2.75, 3.05) is 0 Å². The SMILES string of the molecule is Cc1ccc2c(c1)CCc1cc(Br)cnc1[C@@H]2C. The molecular formula is C16H16BrN. The average Bonchev–Trinajstić information content (AvgIpc) is 2.47. The highest BCUT2D eigenvalue weighted by atomic mass is 79.9. The molecule has 0 aliphatic heterocycles. The molecular weight excluding hydrogens is 286 g/mol. The lowest BCUT2D eigenvalue weighted by atomic mass is 9.92. The molecule has 0 saturated carbocycles. The van der Waals surface area contributed by atoms with E-state index in [0.29, 0.717) is 5.92 Å². The summed E-state index contributed by atoms with van der Waals surface area (Å²) >= 11 is 3.52. The minimum Gasteiger partial charge on any atom is -0.259 e. The van der Waals surface area contributed by atoms with Crippen LogP contribution in [0.25, 0.3) is 0 Å². The van der Waals surface area contributed by atoms with Crippen molar-refractivity contribution in [3.8, 4) is 0 Å². The summed E-state index contributed by atoms with van der Waals surface area (Å²) in [7, 11) is 0. The molecule has 92 valence electrons. The van der Waals surface area contributed by atoms with Crippen molar-refractivity contribution in [2.24, 2.45) is 0 Å². The molecule has 0 unspecified atom stereocenters. The van der Waals surface area contributed by atoms with E-state index in [1.165, 1.54) is 27.9 Å². The Balaban J connectivity index is 2.15. The van der Waals surface area contributed by atoms with Crippen LogP contribution in [0.2, 0.25) is 0 Å². The highest BCUT2D eigenvalue weighted by Gasteiger charge is 2.21. The summed E-state index contributed by atoms with van der Waals surface area (Å²) in [5.74, 6) is 0.395. The largest absolute Gasteiger partial charge is 0.259 e. The Bertz CT molecular complexity index is 551. The van der Waals surface area contributed by atoms with E-state index in [-0.39, 0.29) is 0 Å². The topological polar surface area (TPSA) is 12.9 Å². The van der Waals surface area contributed by atoms with Crippen LogP contribution >= 0.6 is 15.9 Å². The molecule has 0 saturated heterocycles. The number of benzene rings is 1. The van der Waals surface area contributed by atoms with E-state index in [1.54, 1.807) is 0 Å². The van der Waals surface area contributed by atoms with Crippen LogP contribution in [-0.4, -0.2) is 4.98 Å². The van der Waals surface area contributed by atoms with E-state index in [9.17, 15) is 0 Å². The Kier molecular flexibility index (Phi) is 2.98. The number of pyridine rings is 1. The molecule has 1 aromatic carbocycles. The van der Waals surface area contributed by atoms with Crippen molar-refractivity contribution in [2.45, 2.75) is 32.6 Å². The van der Waals surface area contributed by atoms with Gasteiger partial charge < -0.3 is 0 Å². The Hall–Kier alpha value is -1.15. The van der Waals surface area contributed by atoms with Crippen LogP contribution in [-0.2, 0) is 12.8 Å². The second-order valence-corrected chi connectivity index (χ2v) is 6.04. The predicted molar refractivity (Wildman–Crippen MR) is 78.0 cm³/mol. The van der Waals surface area contributed by atoms with Crippen molar-refractivity contribution in [1.82, 2.24) is 4.98 Å². The Morgan fingerprint density at radius 2 is 1.94 bits per heavy atom. The molecule has 0 amide bonds. The van der Waals surface area contributed by atoms with Gasteiger partial charge in [-0.15, -0.1) is 0 Å². The fraction of sp³-hybridized carbons (Fsp3) is 0.312. The lowest BCUT2D eigenvalue weighted by molar-refractivity contribution is 0.858. The van der Waals surface area contributed by atoms with E-state index < -0.39 is 0 Å². The molecule has 1 aliphatic rings. The van der Waals surface area contributed by atoms with Crippen molar-refractivity contribution < 1.29 is 0 Å². The molecule has 0 bridgehead atoms. The first-order chi connectivity index (χ1) is 8.65. The third kappa shape index (κ3) is 1.99. The van der Waals surface area contributed by atoms with E-state index in [4.69, 9.17) is 0 Å². The van der Waals surface area contributed by atoms with Crippen LogP contribution in [0.3, 0.4) is 0 Å². The Labute approximate surface area is 116 Å². The summed E-state index contributed by atoms with van der Waals surface area (Å²) in [6.07, 6.45) is 4.11. The van der Waals surface area contributed by atoms with Gasteiger partial charge >= 0.3 is 0 Å². The zero-order valence-corrected chi connectivity index (χ0v) is 12.3. The number of hydrogen-bond donors (Lipinski definition) is 0. The number of nitrogens with zero attached hydrogens (tertiary/aromatic N) is 1. The van der Waals surface area contributed by atoms with Gasteiger partial charge in [0.15, 0.2) is 0 Å². The van der Waals surface area contributed by atoms with Gasteiger partial charge in [-0.25, -0.2) is 0 Å². The molecule has 0 fully saturated rings. The van der Waals surface area contributed by atoms with Crippen molar-refractivity contribution in [3.63, 3.8) is 0 Å². The minimum absolute atomic E-state index is 0.395. The van der Waals surface area contributed by atoms with Crippen LogP contribution in [0.15, 0.2) is 34.9 Å². The molecule has 1 aliphatic carbocycles. The lowest BCUT2D eigenvalue weighted by Gasteiger charge is -2.14. The second-order valence-electron chi connectivity index (χ2n) is 5.12. The van der Waals surface area contributed by atoms with Crippen LogP contribution in [0, 0.1) is 6.92 Å². The molecule has 3 rings (SSSR count). The summed E-state index contributed by atoms with van der Waals surface area (Å²) in [5.41, 5.74) is 6.89. The number of halogens is 1. The fourth-order valence-corrected chi connectivity index (χ4v) is 3.25. The van der Waals surface area contributed by atoms with Gasteiger partial charge in [-0.2, -0.15) is 0 Å². The number of aryl methyl sites for hydroxylation is 3. The van der Waals surface area contributed by atoms with E-state index >= 15 is 0 Å². The first-order valence-electron chi connectivity index (χ1n) is 6.39. The number of hydrogen-bond acceptors (Lipinski definition) is 1. The maximum Gasteiger partial charge on any atom is 0.0508 e.